The zero-order valence-electron chi connectivity index (χ0n) is 10.5. The second-order valence-electron chi connectivity index (χ2n) is 4.19. The van der Waals surface area contributed by atoms with Crippen molar-refractivity contribution in [3.05, 3.63) is 40.7 Å². The number of hydrogen-bond acceptors (Lipinski definition) is 3. The summed E-state index contributed by atoms with van der Waals surface area (Å²) in [6, 6.07) is 3.91. The molecule has 0 aromatic heterocycles. The van der Waals surface area contributed by atoms with Gasteiger partial charge in [-0.15, -0.1) is 12.4 Å². The average Bonchev–Trinajstić information content (AvgIpc) is 2.41. The number of rotatable bonds is 4. The Bertz CT molecular complexity index is 605. The fourth-order valence-corrected chi connectivity index (χ4v) is 3.15. The molecule has 1 aromatic carbocycles. The summed E-state index contributed by atoms with van der Waals surface area (Å²) < 4.78 is 40.1. The molecule has 1 aliphatic heterocycles. The molecular formula is C12H15Cl2FN2O2S. The van der Waals surface area contributed by atoms with Crippen LogP contribution in [0, 0.1) is 5.82 Å². The zero-order valence-corrected chi connectivity index (χ0v) is 12.9. The van der Waals surface area contributed by atoms with Crippen molar-refractivity contribution in [3.63, 3.8) is 0 Å². The maximum absolute atomic E-state index is 13.7. The Labute approximate surface area is 128 Å². The second kappa shape index (κ2) is 7.38. The van der Waals surface area contributed by atoms with Gasteiger partial charge in [0, 0.05) is 13.1 Å². The van der Waals surface area contributed by atoms with Gasteiger partial charge in [0.25, 0.3) is 0 Å². The Kier molecular flexibility index (Phi) is 6.42. The molecular weight excluding hydrogens is 326 g/mol. The summed E-state index contributed by atoms with van der Waals surface area (Å²) in [6.45, 7) is 1.73. The van der Waals surface area contributed by atoms with Crippen molar-refractivity contribution >= 4 is 34.0 Å². The predicted octanol–water partition coefficient (Wildman–Crippen LogP) is 2.10. The molecule has 1 aromatic rings. The largest absolute Gasteiger partial charge is 0.313 e. The molecule has 0 atom stereocenters. The van der Waals surface area contributed by atoms with E-state index in [4.69, 9.17) is 11.6 Å². The quantitative estimate of drug-likeness (QED) is 0.825. The smallest absolute Gasteiger partial charge is 0.243 e. The zero-order chi connectivity index (χ0) is 13.9. The molecule has 0 amide bonds. The molecule has 1 heterocycles. The van der Waals surface area contributed by atoms with Gasteiger partial charge in [0.1, 0.15) is 4.90 Å². The van der Waals surface area contributed by atoms with Gasteiger partial charge in [-0.3, -0.25) is 0 Å². The van der Waals surface area contributed by atoms with Crippen LogP contribution in [0.5, 0.6) is 0 Å². The SMILES string of the molecule is Cl.O=S(=O)(NCC1=CCNCC1)c1cccc(Cl)c1F. The Morgan fingerprint density at radius 2 is 2.15 bits per heavy atom. The van der Waals surface area contributed by atoms with Crippen molar-refractivity contribution < 1.29 is 12.8 Å². The van der Waals surface area contributed by atoms with E-state index in [0.29, 0.717) is 0 Å². The minimum atomic E-state index is -3.88. The first-order valence-corrected chi connectivity index (χ1v) is 7.69. The summed E-state index contributed by atoms with van der Waals surface area (Å²) in [5.74, 6) is -0.920. The van der Waals surface area contributed by atoms with Crippen LogP contribution in [0.2, 0.25) is 5.02 Å². The molecule has 0 bridgehead atoms. The van der Waals surface area contributed by atoms with E-state index in [-0.39, 0.29) is 24.0 Å². The highest BCUT2D eigenvalue weighted by Crippen LogP contribution is 2.21. The third-order valence-electron chi connectivity index (χ3n) is 2.85. The van der Waals surface area contributed by atoms with Gasteiger partial charge in [0.2, 0.25) is 10.0 Å². The van der Waals surface area contributed by atoms with Crippen LogP contribution in [0.3, 0.4) is 0 Å². The molecule has 20 heavy (non-hydrogen) atoms. The van der Waals surface area contributed by atoms with E-state index in [2.05, 4.69) is 10.0 Å². The van der Waals surface area contributed by atoms with Crippen LogP contribution in [0.1, 0.15) is 6.42 Å². The molecule has 4 nitrogen and oxygen atoms in total. The fraction of sp³-hybridized carbons (Fsp3) is 0.333. The molecule has 0 fully saturated rings. The minimum Gasteiger partial charge on any atom is -0.313 e. The Hall–Kier alpha value is -0.660. The number of nitrogens with one attached hydrogen (secondary N) is 2. The van der Waals surface area contributed by atoms with Crippen LogP contribution < -0.4 is 10.0 Å². The number of sulfonamides is 1. The van der Waals surface area contributed by atoms with E-state index in [1.165, 1.54) is 18.2 Å². The molecule has 1 aliphatic rings. The van der Waals surface area contributed by atoms with E-state index >= 15 is 0 Å². The van der Waals surface area contributed by atoms with Crippen LogP contribution in [0.15, 0.2) is 34.7 Å². The fourth-order valence-electron chi connectivity index (χ4n) is 1.79. The highest BCUT2D eigenvalue weighted by atomic mass is 35.5. The molecule has 0 aliphatic carbocycles. The normalized spacial score (nSPS) is 15.4. The Morgan fingerprint density at radius 3 is 2.80 bits per heavy atom. The molecule has 0 unspecified atom stereocenters. The van der Waals surface area contributed by atoms with Crippen LogP contribution in [-0.2, 0) is 10.0 Å². The highest BCUT2D eigenvalue weighted by molar-refractivity contribution is 7.89. The van der Waals surface area contributed by atoms with Gasteiger partial charge in [-0.2, -0.15) is 0 Å². The third kappa shape index (κ3) is 4.17. The number of halogens is 3. The standard InChI is InChI=1S/C12H14ClFN2O2S.ClH/c13-10-2-1-3-11(12(10)14)19(17,18)16-8-9-4-6-15-7-5-9;/h1-4,15-16H,5-8H2;1H. The maximum Gasteiger partial charge on any atom is 0.243 e. The summed E-state index contributed by atoms with van der Waals surface area (Å²) in [6.07, 6.45) is 2.71. The first-order valence-electron chi connectivity index (χ1n) is 5.83. The monoisotopic (exact) mass is 340 g/mol. The van der Waals surface area contributed by atoms with Crippen molar-refractivity contribution in [1.82, 2.24) is 10.0 Å². The summed E-state index contributed by atoms with van der Waals surface area (Å²) >= 11 is 5.58. The Morgan fingerprint density at radius 1 is 1.40 bits per heavy atom. The minimum absolute atomic E-state index is 0. The van der Waals surface area contributed by atoms with Crippen LogP contribution in [0.4, 0.5) is 4.39 Å². The lowest BCUT2D eigenvalue weighted by atomic mass is 10.1. The lowest BCUT2D eigenvalue weighted by Crippen LogP contribution is -2.30. The molecule has 0 radical (unpaired) electrons. The van der Waals surface area contributed by atoms with E-state index in [9.17, 15) is 12.8 Å². The van der Waals surface area contributed by atoms with E-state index in [1.54, 1.807) is 0 Å². The van der Waals surface area contributed by atoms with Crippen molar-refractivity contribution in [2.45, 2.75) is 11.3 Å². The number of benzene rings is 1. The van der Waals surface area contributed by atoms with Crippen molar-refractivity contribution in [1.29, 1.82) is 0 Å². The summed E-state index contributed by atoms with van der Waals surface area (Å²) in [5.41, 5.74) is 0.991. The van der Waals surface area contributed by atoms with Gasteiger partial charge in [0.05, 0.1) is 5.02 Å². The molecule has 2 rings (SSSR count). The van der Waals surface area contributed by atoms with Crippen molar-refractivity contribution in [3.8, 4) is 0 Å². The van der Waals surface area contributed by atoms with E-state index < -0.39 is 20.7 Å². The van der Waals surface area contributed by atoms with Gasteiger partial charge in [-0.25, -0.2) is 17.5 Å². The van der Waals surface area contributed by atoms with Gasteiger partial charge in [-0.1, -0.05) is 29.3 Å². The lowest BCUT2D eigenvalue weighted by molar-refractivity contribution is 0.558. The molecule has 2 N–H and O–H groups in total. The van der Waals surface area contributed by atoms with E-state index in [0.717, 1.165) is 25.1 Å². The molecule has 112 valence electrons. The molecule has 0 spiro atoms. The average molecular weight is 341 g/mol. The van der Waals surface area contributed by atoms with Crippen LogP contribution in [-0.4, -0.2) is 28.1 Å². The van der Waals surface area contributed by atoms with E-state index in [1.807, 2.05) is 6.08 Å². The summed E-state index contributed by atoms with van der Waals surface area (Å²) in [4.78, 5) is -0.422. The van der Waals surface area contributed by atoms with Crippen LogP contribution >= 0.6 is 24.0 Å². The van der Waals surface area contributed by atoms with Crippen molar-refractivity contribution in [2.75, 3.05) is 19.6 Å². The summed E-state index contributed by atoms with van der Waals surface area (Å²) in [7, 11) is -3.88. The van der Waals surface area contributed by atoms with Gasteiger partial charge in [-0.05, 0) is 25.1 Å². The van der Waals surface area contributed by atoms with Crippen LogP contribution in [0.25, 0.3) is 0 Å². The van der Waals surface area contributed by atoms with Crippen molar-refractivity contribution in [2.24, 2.45) is 0 Å². The lowest BCUT2D eigenvalue weighted by Gasteiger charge is -2.15. The molecule has 0 saturated heterocycles. The van der Waals surface area contributed by atoms with Gasteiger partial charge >= 0.3 is 0 Å². The second-order valence-corrected chi connectivity index (χ2v) is 6.34. The topological polar surface area (TPSA) is 58.2 Å². The summed E-state index contributed by atoms with van der Waals surface area (Å²) in [5, 5.41) is 2.92. The Balaban J connectivity index is 0.00000200. The maximum atomic E-state index is 13.7. The molecule has 8 heteroatoms. The van der Waals surface area contributed by atoms with Gasteiger partial charge < -0.3 is 5.32 Å². The molecule has 0 saturated carbocycles. The van der Waals surface area contributed by atoms with Gasteiger partial charge in [0.15, 0.2) is 5.82 Å². The predicted molar refractivity (Wildman–Crippen MR) is 79.4 cm³/mol. The third-order valence-corrected chi connectivity index (χ3v) is 4.56. The first-order chi connectivity index (χ1) is 9.00. The number of hydrogen-bond donors (Lipinski definition) is 2. The first kappa shape index (κ1) is 17.4. The highest BCUT2D eigenvalue weighted by Gasteiger charge is 2.20.